The average molecular weight is 431 g/mol. The summed E-state index contributed by atoms with van der Waals surface area (Å²) in [5.74, 6) is 0.0677. The second-order valence-electron chi connectivity index (χ2n) is 7.22. The molecular formula is C22H20Cl2N2O3. The summed E-state index contributed by atoms with van der Waals surface area (Å²) in [6, 6.07) is 10.9. The molecule has 1 aromatic heterocycles. The highest BCUT2D eigenvalue weighted by Crippen LogP contribution is 2.26. The lowest BCUT2D eigenvalue weighted by Gasteiger charge is -2.36. The van der Waals surface area contributed by atoms with Crippen molar-refractivity contribution < 1.29 is 9.21 Å². The molecule has 1 fully saturated rings. The zero-order valence-corrected chi connectivity index (χ0v) is 17.5. The maximum absolute atomic E-state index is 12.8. The van der Waals surface area contributed by atoms with Crippen LogP contribution in [0.25, 0.3) is 11.0 Å². The summed E-state index contributed by atoms with van der Waals surface area (Å²) in [4.78, 5) is 28.8. The SMILES string of the molecule is CC(=O)c1ccc(N2CCN(Cc3coc4c(Cl)cc(Cl)cc4c3=O)CC2)cc1. The predicted molar refractivity (Wildman–Crippen MR) is 116 cm³/mol. The number of anilines is 1. The summed E-state index contributed by atoms with van der Waals surface area (Å²) < 4.78 is 5.62. The molecule has 0 unspecified atom stereocenters. The Kier molecular flexibility index (Phi) is 5.63. The number of piperazine rings is 1. The van der Waals surface area contributed by atoms with Crippen molar-refractivity contribution >= 4 is 45.6 Å². The summed E-state index contributed by atoms with van der Waals surface area (Å²) in [5, 5.41) is 1.15. The molecule has 1 aliphatic heterocycles. The largest absolute Gasteiger partial charge is 0.462 e. The monoisotopic (exact) mass is 430 g/mol. The van der Waals surface area contributed by atoms with E-state index in [4.69, 9.17) is 27.6 Å². The van der Waals surface area contributed by atoms with Crippen LogP contribution in [-0.4, -0.2) is 36.9 Å². The number of fused-ring (bicyclic) bond motifs is 1. The molecule has 2 heterocycles. The van der Waals surface area contributed by atoms with Gasteiger partial charge in [0.15, 0.2) is 16.8 Å². The molecule has 29 heavy (non-hydrogen) atoms. The van der Waals surface area contributed by atoms with Crippen molar-refractivity contribution in [1.82, 2.24) is 4.90 Å². The molecule has 0 N–H and O–H groups in total. The number of benzene rings is 2. The minimum absolute atomic E-state index is 0.0677. The lowest BCUT2D eigenvalue weighted by Crippen LogP contribution is -2.46. The molecule has 2 aromatic carbocycles. The summed E-state index contributed by atoms with van der Waals surface area (Å²) in [7, 11) is 0. The summed E-state index contributed by atoms with van der Waals surface area (Å²) in [5.41, 5.74) is 2.68. The van der Waals surface area contributed by atoms with E-state index in [1.807, 2.05) is 24.3 Å². The first-order valence-electron chi connectivity index (χ1n) is 9.40. The summed E-state index contributed by atoms with van der Waals surface area (Å²) in [6.07, 6.45) is 1.50. The fraction of sp³-hybridized carbons (Fsp3) is 0.273. The van der Waals surface area contributed by atoms with Crippen molar-refractivity contribution in [1.29, 1.82) is 0 Å². The Morgan fingerprint density at radius 3 is 2.41 bits per heavy atom. The molecule has 0 spiro atoms. The molecule has 0 aliphatic carbocycles. The number of nitrogens with zero attached hydrogens (tertiary/aromatic N) is 2. The van der Waals surface area contributed by atoms with Gasteiger partial charge in [0.05, 0.1) is 16.7 Å². The highest BCUT2D eigenvalue weighted by Gasteiger charge is 2.20. The minimum atomic E-state index is -0.0992. The number of halogens is 2. The van der Waals surface area contributed by atoms with E-state index in [0.717, 1.165) is 37.4 Å². The Labute approximate surface area is 178 Å². The van der Waals surface area contributed by atoms with Crippen LogP contribution < -0.4 is 10.3 Å². The molecule has 5 nitrogen and oxygen atoms in total. The molecule has 4 rings (SSSR count). The highest BCUT2D eigenvalue weighted by atomic mass is 35.5. The molecule has 3 aromatic rings. The first-order valence-corrected chi connectivity index (χ1v) is 10.2. The van der Waals surface area contributed by atoms with Gasteiger partial charge in [0.1, 0.15) is 0 Å². The van der Waals surface area contributed by atoms with Gasteiger partial charge in [0.2, 0.25) is 0 Å². The Morgan fingerprint density at radius 2 is 1.76 bits per heavy atom. The van der Waals surface area contributed by atoms with Crippen LogP contribution in [-0.2, 0) is 6.54 Å². The van der Waals surface area contributed by atoms with Gasteiger partial charge in [-0.05, 0) is 43.3 Å². The van der Waals surface area contributed by atoms with Crippen LogP contribution in [0.4, 0.5) is 5.69 Å². The van der Waals surface area contributed by atoms with E-state index in [-0.39, 0.29) is 11.2 Å². The molecule has 1 saturated heterocycles. The van der Waals surface area contributed by atoms with E-state index in [1.165, 1.54) is 6.26 Å². The van der Waals surface area contributed by atoms with Gasteiger partial charge in [0, 0.05) is 54.6 Å². The molecule has 0 radical (unpaired) electrons. The second kappa shape index (κ2) is 8.19. The normalized spacial score (nSPS) is 15.1. The Morgan fingerprint density at radius 1 is 1.07 bits per heavy atom. The quantitative estimate of drug-likeness (QED) is 0.564. The van der Waals surface area contributed by atoms with Gasteiger partial charge in [-0.1, -0.05) is 23.2 Å². The van der Waals surface area contributed by atoms with Gasteiger partial charge in [-0.25, -0.2) is 0 Å². The van der Waals surface area contributed by atoms with Gasteiger partial charge < -0.3 is 9.32 Å². The lowest BCUT2D eigenvalue weighted by molar-refractivity contribution is 0.101. The first-order chi connectivity index (χ1) is 13.9. The Balaban J connectivity index is 1.45. The number of Topliss-reactive ketones (excluding diaryl/α,β-unsaturated/α-hetero) is 1. The number of ketones is 1. The summed E-state index contributed by atoms with van der Waals surface area (Å²) >= 11 is 12.2. The molecule has 0 saturated carbocycles. The van der Waals surface area contributed by atoms with Crippen LogP contribution in [0.15, 0.2) is 51.9 Å². The van der Waals surface area contributed by atoms with Crippen LogP contribution in [0.1, 0.15) is 22.8 Å². The zero-order chi connectivity index (χ0) is 20.5. The lowest BCUT2D eigenvalue weighted by atomic mass is 10.1. The van der Waals surface area contributed by atoms with Gasteiger partial charge in [0.25, 0.3) is 0 Å². The second-order valence-corrected chi connectivity index (χ2v) is 8.06. The van der Waals surface area contributed by atoms with Crippen molar-refractivity contribution in [3.63, 3.8) is 0 Å². The molecule has 0 bridgehead atoms. The number of carbonyl (C=O) groups excluding carboxylic acids is 1. The minimum Gasteiger partial charge on any atom is -0.462 e. The molecular weight excluding hydrogens is 411 g/mol. The topological polar surface area (TPSA) is 53.8 Å². The number of hydrogen-bond donors (Lipinski definition) is 0. The molecule has 0 atom stereocenters. The van der Waals surface area contributed by atoms with Crippen LogP contribution >= 0.6 is 23.2 Å². The van der Waals surface area contributed by atoms with Crippen molar-refractivity contribution in [2.75, 3.05) is 31.1 Å². The predicted octanol–water partition coefficient (Wildman–Crippen LogP) is 4.62. The highest BCUT2D eigenvalue weighted by molar-refractivity contribution is 6.38. The maximum atomic E-state index is 12.8. The number of carbonyl (C=O) groups is 1. The van der Waals surface area contributed by atoms with Crippen LogP contribution in [0, 0.1) is 0 Å². The molecule has 1 aliphatic rings. The van der Waals surface area contributed by atoms with Gasteiger partial charge in [-0.15, -0.1) is 0 Å². The van der Waals surface area contributed by atoms with E-state index in [9.17, 15) is 9.59 Å². The smallest absolute Gasteiger partial charge is 0.197 e. The number of hydrogen-bond acceptors (Lipinski definition) is 5. The van der Waals surface area contributed by atoms with Crippen molar-refractivity contribution in [2.24, 2.45) is 0 Å². The van der Waals surface area contributed by atoms with Gasteiger partial charge >= 0.3 is 0 Å². The van der Waals surface area contributed by atoms with Crippen molar-refractivity contribution in [2.45, 2.75) is 13.5 Å². The van der Waals surface area contributed by atoms with Crippen molar-refractivity contribution in [3.05, 3.63) is 74.1 Å². The van der Waals surface area contributed by atoms with Crippen LogP contribution in [0.2, 0.25) is 10.0 Å². The van der Waals surface area contributed by atoms with E-state index in [0.29, 0.717) is 33.1 Å². The van der Waals surface area contributed by atoms with Gasteiger partial charge in [-0.2, -0.15) is 0 Å². The fourth-order valence-corrected chi connectivity index (χ4v) is 4.16. The molecule has 0 amide bonds. The zero-order valence-electron chi connectivity index (χ0n) is 16.0. The standard InChI is InChI=1S/C22H20Cl2N2O3/c1-14(27)15-2-4-18(5-3-15)26-8-6-25(7-9-26)12-16-13-29-22-19(21(16)28)10-17(23)11-20(22)24/h2-5,10-11,13H,6-9,12H2,1H3. The van der Waals surface area contributed by atoms with Crippen LogP contribution in [0.5, 0.6) is 0 Å². The van der Waals surface area contributed by atoms with E-state index in [2.05, 4.69) is 9.80 Å². The molecule has 150 valence electrons. The van der Waals surface area contributed by atoms with E-state index >= 15 is 0 Å². The first kappa shape index (κ1) is 20.0. The van der Waals surface area contributed by atoms with Crippen molar-refractivity contribution in [3.8, 4) is 0 Å². The van der Waals surface area contributed by atoms with Crippen LogP contribution in [0.3, 0.4) is 0 Å². The third-order valence-corrected chi connectivity index (χ3v) is 5.77. The summed E-state index contributed by atoms with van der Waals surface area (Å²) in [6.45, 7) is 5.41. The number of rotatable bonds is 4. The van der Waals surface area contributed by atoms with E-state index < -0.39 is 0 Å². The Bertz CT molecular complexity index is 1120. The Hall–Kier alpha value is -2.34. The third kappa shape index (κ3) is 4.17. The van der Waals surface area contributed by atoms with E-state index in [1.54, 1.807) is 19.1 Å². The van der Waals surface area contributed by atoms with Gasteiger partial charge in [-0.3, -0.25) is 14.5 Å². The average Bonchev–Trinajstić information content (AvgIpc) is 2.71. The fourth-order valence-electron chi connectivity index (χ4n) is 3.63. The molecule has 7 heteroatoms. The maximum Gasteiger partial charge on any atom is 0.197 e. The third-order valence-electron chi connectivity index (χ3n) is 5.27.